The van der Waals surface area contributed by atoms with Crippen LogP contribution in [-0.2, 0) is 26.2 Å². The molecule has 7 nitrogen and oxygen atoms in total. The van der Waals surface area contributed by atoms with Crippen molar-refractivity contribution in [2.24, 2.45) is 0 Å². The number of sulfonamides is 1. The van der Waals surface area contributed by atoms with Crippen LogP contribution >= 0.6 is 11.6 Å². The molecule has 0 heterocycles. The zero-order chi connectivity index (χ0) is 28.0. The molecule has 3 rings (SSSR count). The second kappa shape index (κ2) is 12.5. The molecule has 9 heteroatoms. The van der Waals surface area contributed by atoms with Gasteiger partial charge in [-0.25, -0.2) is 8.42 Å². The maximum absolute atomic E-state index is 13.8. The molecule has 0 saturated carbocycles. The van der Waals surface area contributed by atoms with E-state index in [0.717, 1.165) is 21.0 Å². The van der Waals surface area contributed by atoms with Gasteiger partial charge in [-0.1, -0.05) is 67.4 Å². The summed E-state index contributed by atoms with van der Waals surface area (Å²) in [5, 5.41) is 3.12. The van der Waals surface area contributed by atoms with Crippen LogP contribution in [0.4, 0.5) is 5.69 Å². The van der Waals surface area contributed by atoms with E-state index in [-0.39, 0.29) is 23.3 Å². The fourth-order valence-corrected chi connectivity index (χ4v) is 5.51. The topological polar surface area (TPSA) is 86.8 Å². The molecule has 0 radical (unpaired) electrons. The number of carbonyl (C=O) groups excluding carboxylic acids is 2. The molecule has 0 saturated heterocycles. The molecule has 38 heavy (non-hydrogen) atoms. The molecule has 1 N–H and O–H groups in total. The van der Waals surface area contributed by atoms with Gasteiger partial charge in [0.15, 0.2) is 0 Å². The minimum Gasteiger partial charge on any atom is -0.357 e. The molecule has 1 unspecified atom stereocenters. The molecule has 2 amide bonds. The van der Waals surface area contributed by atoms with Crippen molar-refractivity contribution in [3.8, 4) is 0 Å². The largest absolute Gasteiger partial charge is 0.357 e. The highest BCUT2D eigenvalue weighted by atomic mass is 35.5. The number of hydrogen-bond donors (Lipinski definition) is 1. The molecule has 0 aromatic heterocycles. The fourth-order valence-electron chi connectivity index (χ4n) is 3.97. The number of hydrogen-bond acceptors (Lipinski definition) is 4. The summed E-state index contributed by atoms with van der Waals surface area (Å²) in [6, 6.07) is 19.7. The van der Waals surface area contributed by atoms with E-state index in [0.29, 0.717) is 10.7 Å². The minimum absolute atomic E-state index is 0.0763. The summed E-state index contributed by atoms with van der Waals surface area (Å²) < 4.78 is 28.8. The van der Waals surface area contributed by atoms with Gasteiger partial charge in [0.05, 0.1) is 10.6 Å². The molecule has 0 aliphatic carbocycles. The zero-order valence-corrected chi connectivity index (χ0v) is 23.9. The van der Waals surface area contributed by atoms with Gasteiger partial charge in [-0.2, -0.15) is 0 Å². The highest BCUT2D eigenvalue weighted by Gasteiger charge is 2.32. The van der Waals surface area contributed by atoms with Gasteiger partial charge in [0, 0.05) is 18.6 Å². The first kappa shape index (κ1) is 29.2. The van der Waals surface area contributed by atoms with E-state index in [2.05, 4.69) is 5.32 Å². The lowest BCUT2D eigenvalue weighted by atomic mass is 10.0. The SMILES string of the molecule is CNC(=O)C(C)N(Cc1ccc(Cl)cc1)C(=O)CN(c1ccc(C(C)C)cc1)S(=O)(=O)c1ccc(C)cc1. The van der Waals surface area contributed by atoms with Gasteiger partial charge in [-0.3, -0.25) is 13.9 Å². The first-order chi connectivity index (χ1) is 17.9. The van der Waals surface area contributed by atoms with Crippen LogP contribution in [0.3, 0.4) is 0 Å². The fraction of sp³-hybridized carbons (Fsp3) is 0.310. The lowest BCUT2D eigenvalue weighted by Crippen LogP contribution is -2.50. The van der Waals surface area contributed by atoms with E-state index >= 15 is 0 Å². The van der Waals surface area contributed by atoms with Crippen molar-refractivity contribution in [2.45, 2.75) is 51.1 Å². The standard InChI is InChI=1S/C29H34ClN3O4S/c1-20(2)24-10-14-26(15-11-24)33(38(36,37)27-16-6-21(3)7-17-27)19-28(34)32(22(4)29(35)31-5)18-23-8-12-25(30)13-9-23/h6-17,20,22H,18-19H2,1-5H3,(H,31,35). The highest BCUT2D eigenvalue weighted by Crippen LogP contribution is 2.27. The lowest BCUT2D eigenvalue weighted by Gasteiger charge is -2.32. The molecular weight excluding hydrogens is 522 g/mol. The van der Waals surface area contributed by atoms with Crippen molar-refractivity contribution in [3.63, 3.8) is 0 Å². The van der Waals surface area contributed by atoms with Gasteiger partial charge >= 0.3 is 0 Å². The normalized spacial score (nSPS) is 12.2. The van der Waals surface area contributed by atoms with E-state index in [4.69, 9.17) is 11.6 Å². The average Bonchev–Trinajstić information content (AvgIpc) is 2.90. The average molecular weight is 556 g/mol. The van der Waals surface area contributed by atoms with E-state index < -0.39 is 28.5 Å². The number of halogens is 1. The Kier molecular flexibility index (Phi) is 9.57. The minimum atomic E-state index is -4.09. The van der Waals surface area contributed by atoms with Crippen LogP contribution in [0.5, 0.6) is 0 Å². The van der Waals surface area contributed by atoms with Gasteiger partial charge in [0.25, 0.3) is 10.0 Å². The maximum Gasteiger partial charge on any atom is 0.264 e. The third-order valence-electron chi connectivity index (χ3n) is 6.42. The summed E-state index contributed by atoms with van der Waals surface area (Å²) in [6.07, 6.45) is 0. The number of amides is 2. The monoisotopic (exact) mass is 555 g/mol. The number of aryl methyl sites for hydroxylation is 1. The predicted molar refractivity (Wildman–Crippen MR) is 152 cm³/mol. The lowest BCUT2D eigenvalue weighted by molar-refractivity contribution is -0.139. The van der Waals surface area contributed by atoms with Crippen LogP contribution in [0.2, 0.25) is 5.02 Å². The molecule has 3 aromatic carbocycles. The van der Waals surface area contributed by atoms with Gasteiger partial charge in [0.2, 0.25) is 11.8 Å². The third kappa shape index (κ3) is 6.94. The second-order valence-corrected chi connectivity index (χ2v) is 11.8. The summed E-state index contributed by atoms with van der Waals surface area (Å²) in [4.78, 5) is 27.8. The van der Waals surface area contributed by atoms with Crippen LogP contribution in [-0.4, -0.2) is 44.8 Å². The number of likely N-dealkylation sites (N-methyl/N-ethyl adjacent to an activating group) is 1. The van der Waals surface area contributed by atoms with Gasteiger partial charge < -0.3 is 10.2 Å². The van der Waals surface area contributed by atoms with Crippen molar-refractivity contribution in [1.82, 2.24) is 10.2 Å². The quantitative estimate of drug-likeness (QED) is 0.376. The van der Waals surface area contributed by atoms with E-state index in [1.165, 1.54) is 24.1 Å². The Morgan fingerprint density at radius 1 is 0.895 bits per heavy atom. The molecule has 3 aromatic rings. The van der Waals surface area contributed by atoms with E-state index in [1.54, 1.807) is 55.5 Å². The number of nitrogens with zero attached hydrogens (tertiary/aromatic N) is 2. The summed E-state index contributed by atoms with van der Waals surface area (Å²) in [6.45, 7) is 7.21. The van der Waals surface area contributed by atoms with Crippen molar-refractivity contribution in [3.05, 3.63) is 94.5 Å². The number of carbonyl (C=O) groups is 2. The van der Waals surface area contributed by atoms with Crippen molar-refractivity contribution < 1.29 is 18.0 Å². The van der Waals surface area contributed by atoms with E-state index in [9.17, 15) is 18.0 Å². The Labute approximate surface area is 230 Å². The van der Waals surface area contributed by atoms with Crippen LogP contribution in [0.25, 0.3) is 0 Å². The Hall–Kier alpha value is -3.36. The third-order valence-corrected chi connectivity index (χ3v) is 8.46. The van der Waals surface area contributed by atoms with E-state index in [1.807, 2.05) is 32.9 Å². The molecule has 202 valence electrons. The molecule has 1 atom stereocenters. The van der Waals surface area contributed by atoms with Crippen LogP contribution < -0.4 is 9.62 Å². The molecule has 0 spiro atoms. The van der Waals surface area contributed by atoms with Crippen LogP contribution in [0.1, 0.15) is 43.4 Å². The summed E-state index contributed by atoms with van der Waals surface area (Å²) >= 11 is 6.01. The summed E-state index contributed by atoms with van der Waals surface area (Å²) in [5.41, 5.74) is 3.09. The predicted octanol–water partition coefficient (Wildman–Crippen LogP) is 5.13. The Balaban J connectivity index is 2.03. The number of benzene rings is 3. The van der Waals surface area contributed by atoms with Crippen molar-refractivity contribution in [2.75, 3.05) is 17.9 Å². The van der Waals surface area contributed by atoms with Crippen molar-refractivity contribution in [1.29, 1.82) is 0 Å². The molecule has 0 bridgehead atoms. The first-order valence-electron chi connectivity index (χ1n) is 12.4. The molecule has 0 aliphatic heterocycles. The Morgan fingerprint density at radius 3 is 2.00 bits per heavy atom. The van der Waals surface area contributed by atoms with Gasteiger partial charge in [-0.05, 0) is 67.3 Å². The van der Waals surface area contributed by atoms with Crippen LogP contribution in [0.15, 0.2) is 77.7 Å². The smallest absolute Gasteiger partial charge is 0.264 e. The number of rotatable bonds is 10. The van der Waals surface area contributed by atoms with Crippen molar-refractivity contribution >= 4 is 39.1 Å². The summed E-state index contributed by atoms with van der Waals surface area (Å²) in [5.74, 6) is -0.614. The van der Waals surface area contributed by atoms with Gasteiger partial charge in [0.1, 0.15) is 12.6 Å². The van der Waals surface area contributed by atoms with Gasteiger partial charge in [-0.15, -0.1) is 0 Å². The Morgan fingerprint density at radius 2 is 1.47 bits per heavy atom. The molecule has 0 fully saturated rings. The number of nitrogens with one attached hydrogen (secondary N) is 1. The molecule has 0 aliphatic rings. The number of anilines is 1. The Bertz CT molecular complexity index is 1360. The molecular formula is C29H34ClN3O4S. The summed E-state index contributed by atoms with van der Waals surface area (Å²) in [7, 11) is -2.60. The zero-order valence-electron chi connectivity index (χ0n) is 22.3. The first-order valence-corrected chi connectivity index (χ1v) is 14.2. The maximum atomic E-state index is 13.8. The highest BCUT2D eigenvalue weighted by molar-refractivity contribution is 7.92. The second-order valence-electron chi connectivity index (χ2n) is 9.51. The van der Waals surface area contributed by atoms with Crippen LogP contribution in [0, 0.1) is 6.92 Å².